The summed E-state index contributed by atoms with van der Waals surface area (Å²) in [6.07, 6.45) is 3.08. The van der Waals surface area contributed by atoms with Crippen LogP contribution < -0.4 is 15.5 Å². The molecule has 1 aliphatic rings. The van der Waals surface area contributed by atoms with E-state index in [1.807, 2.05) is 52.0 Å². The predicted molar refractivity (Wildman–Crippen MR) is 104 cm³/mol. The third-order valence-corrected chi connectivity index (χ3v) is 5.20. The second kappa shape index (κ2) is 7.33. The fraction of sp³-hybridized carbons (Fsp3) is 0.400. The molecule has 1 aromatic carbocycles. The highest BCUT2D eigenvalue weighted by molar-refractivity contribution is 6.62. The molecular weight excluding hydrogens is 343 g/mol. The largest absolute Gasteiger partial charge is 0.496 e. The monoisotopic (exact) mass is 368 g/mol. The predicted octanol–water partition coefficient (Wildman–Crippen LogP) is 2.32. The van der Waals surface area contributed by atoms with Gasteiger partial charge < -0.3 is 19.4 Å². The van der Waals surface area contributed by atoms with Crippen LogP contribution in [0.25, 0.3) is 0 Å². The molecule has 2 aromatic rings. The number of pyridine rings is 1. The van der Waals surface area contributed by atoms with E-state index in [1.165, 1.54) is 13.3 Å². The Morgan fingerprint density at radius 1 is 1.11 bits per heavy atom. The van der Waals surface area contributed by atoms with Crippen molar-refractivity contribution in [3.8, 4) is 5.75 Å². The van der Waals surface area contributed by atoms with Gasteiger partial charge in [-0.05, 0) is 44.8 Å². The SMILES string of the molecule is COc1ccncc1C(=O)NCc1ccc(B2OC(C)(C)C(C)(C)O2)cc1. The highest BCUT2D eigenvalue weighted by Gasteiger charge is 2.51. The molecule has 0 saturated carbocycles. The standard InChI is InChI=1S/C20H25BN2O4/c1-19(2)20(3,4)27-21(26-19)15-8-6-14(7-9-15)12-23-18(24)16-13-22-11-10-17(16)25-5/h6-11,13H,12H2,1-5H3,(H,23,24). The molecule has 2 heterocycles. The number of rotatable bonds is 5. The molecule has 6 nitrogen and oxygen atoms in total. The molecule has 0 bridgehead atoms. The van der Waals surface area contributed by atoms with Gasteiger partial charge in [0.05, 0.1) is 23.9 Å². The summed E-state index contributed by atoms with van der Waals surface area (Å²) in [5.41, 5.74) is 1.61. The Morgan fingerprint density at radius 2 is 1.74 bits per heavy atom. The number of aromatic nitrogens is 1. The van der Waals surface area contributed by atoms with Crippen LogP contribution in [0.5, 0.6) is 5.75 Å². The molecule has 1 fully saturated rings. The van der Waals surface area contributed by atoms with Crippen LogP contribution in [-0.2, 0) is 15.9 Å². The first-order valence-corrected chi connectivity index (χ1v) is 8.94. The van der Waals surface area contributed by atoms with Crippen molar-refractivity contribution in [1.82, 2.24) is 10.3 Å². The van der Waals surface area contributed by atoms with Gasteiger partial charge in [0.15, 0.2) is 0 Å². The summed E-state index contributed by atoms with van der Waals surface area (Å²) in [5, 5.41) is 2.88. The van der Waals surface area contributed by atoms with Crippen LogP contribution in [0.4, 0.5) is 0 Å². The Hall–Kier alpha value is -2.38. The highest BCUT2D eigenvalue weighted by atomic mass is 16.7. The molecule has 1 aliphatic heterocycles. The zero-order valence-corrected chi connectivity index (χ0v) is 16.4. The second-order valence-electron chi connectivity index (χ2n) is 7.59. The minimum atomic E-state index is -0.390. The van der Waals surface area contributed by atoms with Crippen molar-refractivity contribution < 1.29 is 18.8 Å². The minimum Gasteiger partial charge on any atom is -0.496 e. The Labute approximate surface area is 160 Å². The molecular formula is C20H25BN2O4. The first kappa shape index (κ1) is 19.4. The van der Waals surface area contributed by atoms with Crippen molar-refractivity contribution in [1.29, 1.82) is 0 Å². The third kappa shape index (κ3) is 3.99. The Bertz CT molecular complexity index is 805. The van der Waals surface area contributed by atoms with Gasteiger partial charge in [0.2, 0.25) is 0 Å². The van der Waals surface area contributed by atoms with Crippen molar-refractivity contribution in [2.75, 3.05) is 7.11 Å². The highest BCUT2D eigenvalue weighted by Crippen LogP contribution is 2.36. The van der Waals surface area contributed by atoms with E-state index < -0.39 is 7.12 Å². The summed E-state index contributed by atoms with van der Waals surface area (Å²) < 4.78 is 17.3. The van der Waals surface area contributed by atoms with E-state index in [0.717, 1.165) is 11.0 Å². The molecule has 3 rings (SSSR count). The average molecular weight is 368 g/mol. The van der Waals surface area contributed by atoms with Crippen molar-refractivity contribution in [2.45, 2.75) is 45.4 Å². The van der Waals surface area contributed by atoms with Gasteiger partial charge in [0.1, 0.15) is 5.75 Å². The number of carbonyl (C=O) groups is 1. The number of benzene rings is 1. The van der Waals surface area contributed by atoms with E-state index in [9.17, 15) is 4.79 Å². The van der Waals surface area contributed by atoms with E-state index >= 15 is 0 Å². The third-order valence-electron chi connectivity index (χ3n) is 5.20. The summed E-state index contributed by atoms with van der Waals surface area (Å²) in [7, 11) is 1.14. The van der Waals surface area contributed by atoms with Gasteiger partial charge in [-0.15, -0.1) is 0 Å². The molecule has 142 valence electrons. The average Bonchev–Trinajstić information content (AvgIpc) is 2.87. The zero-order valence-electron chi connectivity index (χ0n) is 16.4. The number of nitrogens with zero attached hydrogens (tertiary/aromatic N) is 1. The molecule has 0 spiro atoms. The van der Waals surface area contributed by atoms with Crippen LogP contribution in [0.2, 0.25) is 0 Å². The van der Waals surface area contributed by atoms with Crippen LogP contribution in [0, 0.1) is 0 Å². The van der Waals surface area contributed by atoms with Crippen LogP contribution in [0.1, 0.15) is 43.6 Å². The van der Waals surface area contributed by atoms with E-state index in [-0.39, 0.29) is 17.1 Å². The molecule has 0 unspecified atom stereocenters. The molecule has 7 heteroatoms. The lowest BCUT2D eigenvalue weighted by Gasteiger charge is -2.32. The lowest BCUT2D eigenvalue weighted by molar-refractivity contribution is 0.00578. The Morgan fingerprint density at radius 3 is 2.33 bits per heavy atom. The number of nitrogens with one attached hydrogen (secondary N) is 1. The molecule has 1 N–H and O–H groups in total. The number of amides is 1. The smallest absolute Gasteiger partial charge is 0.494 e. The number of hydrogen-bond acceptors (Lipinski definition) is 5. The maximum absolute atomic E-state index is 12.3. The van der Waals surface area contributed by atoms with Gasteiger partial charge in [-0.25, -0.2) is 0 Å². The minimum absolute atomic E-state index is 0.227. The fourth-order valence-corrected chi connectivity index (χ4v) is 2.78. The zero-order chi connectivity index (χ0) is 19.7. The number of methoxy groups -OCH3 is 1. The first-order valence-electron chi connectivity index (χ1n) is 8.94. The van der Waals surface area contributed by atoms with Crippen molar-refractivity contribution >= 4 is 18.5 Å². The quantitative estimate of drug-likeness (QED) is 0.821. The fourth-order valence-electron chi connectivity index (χ4n) is 2.78. The van der Waals surface area contributed by atoms with Crippen LogP contribution in [-0.4, -0.2) is 36.3 Å². The van der Waals surface area contributed by atoms with Gasteiger partial charge >= 0.3 is 7.12 Å². The first-order chi connectivity index (χ1) is 12.7. The van der Waals surface area contributed by atoms with Crippen molar-refractivity contribution in [3.05, 3.63) is 53.9 Å². The lowest BCUT2D eigenvalue weighted by atomic mass is 9.79. The van der Waals surface area contributed by atoms with Crippen molar-refractivity contribution in [3.63, 3.8) is 0 Å². The van der Waals surface area contributed by atoms with E-state index in [1.54, 1.807) is 12.3 Å². The van der Waals surface area contributed by atoms with Gasteiger partial charge in [0.25, 0.3) is 5.91 Å². The topological polar surface area (TPSA) is 69.7 Å². The van der Waals surface area contributed by atoms with Gasteiger partial charge in [-0.3, -0.25) is 9.78 Å². The summed E-state index contributed by atoms with van der Waals surface area (Å²) in [6, 6.07) is 9.51. The van der Waals surface area contributed by atoms with E-state index in [0.29, 0.717) is 17.9 Å². The molecule has 1 saturated heterocycles. The summed E-state index contributed by atoms with van der Waals surface area (Å²) >= 11 is 0. The summed E-state index contributed by atoms with van der Waals surface area (Å²) in [4.78, 5) is 16.3. The molecule has 0 radical (unpaired) electrons. The van der Waals surface area contributed by atoms with Crippen LogP contribution in [0.3, 0.4) is 0 Å². The molecule has 0 atom stereocenters. The maximum Gasteiger partial charge on any atom is 0.494 e. The number of carbonyl (C=O) groups excluding carboxylic acids is 1. The molecule has 27 heavy (non-hydrogen) atoms. The van der Waals surface area contributed by atoms with Crippen molar-refractivity contribution in [2.24, 2.45) is 0 Å². The Balaban J connectivity index is 1.63. The number of hydrogen-bond donors (Lipinski definition) is 1. The summed E-state index contributed by atoms with van der Waals surface area (Å²) in [5.74, 6) is 0.272. The summed E-state index contributed by atoms with van der Waals surface area (Å²) in [6.45, 7) is 8.53. The van der Waals surface area contributed by atoms with Gasteiger partial charge in [0, 0.05) is 18.9 Å². The molecule has 1 aromatic heterocycles. The molecule has 0 aliphatic carbocycles. The Kier molecular flexibility index (Phi) is 5.26. The van der Waals surface area contributed by atoms with Gasteiger partial charge in [-0.1, -0.05) is 24.3 Å². The second-order valence-corrected chi connectivity index (χ2v) is 7.59. The van der Waals surface area contributed by atoms with E-state index in [4.69, 9.17) is 14.0 Å². The van der Waals surface area contributed by atoms with Crippen LogP contribution >= 0.6 is 0 Å². The van der Waals surface area contributed by atoms with Gasteiger partial charge in [-0.2, -0.15) is 0 Å². The lowest BCUT2D eigenvalue weighted by Crippen LogP contribution is -2.41. The van der Waals surface area contributed by atoms with E-state index in [2.05, 4.69) is 10.3 Å². The molecule has 1 amide bonds. The number of ether oxygens (including phenoxy) is 1. The maximum atomic E-state index is 12.3. The normalized spacial score (nSPS) is 17.6. The van der Waals surface area contributed by atoms with Crippen LogP contribution in [0.15, 0.2) is 42.7 Å².